The standard InChI is InChI=1S/C13H16O2S/c1-15-11-8-5-9-12(13(11)14)16-10-6-3-2-4-7-10/h2-4,6-7,11-12H,5,8-9H2,1H3/t11-,12+/m0/s1. The second-order valence-electron chi connectivity index (χ2n) is 3.98. The highest BCUT2D eigenvalue weighted by atomic mass is 32.2. The van der Waals surface area contributed by atoms with Gasteiger partial charge in [0, 0.05) is 12.0 Å². The molecule has 2 rings (SSSR count). The molecule has 3 heteroatoms. The van der Waals surface area contributed by atoms with E-state index < -0.39 is 0 Å². The molecule has 1 aromatic carbocycles. The molecule has 0 unspecified atom stereocenters. The van der Waals surface area contributed by atoms with Crippen molar-refractivity contribution < 1.29 is 9.53 Å². The van der Waals surface area contributed by atoms with E-state index in [1.54, 1.807) is 18.9 Å². The van der Waals surface area contributed by atoms with Gasteiger partial charge in [-0.15, -0.1) is 11.8 Å². The Morgan fingerprint density at radius 1 is 1.25 bits per heavy atom. The van der Waals surface area contributed by atoms with Crippen LogP contribution < -0.4 is 0 Å². The molecular formula is C13H16O2S. The van der Waals surface area contributed by atoms with Gasteiger partial charge >= 0.3 is 0 Å². The van der Waals surface area contributed by atoms with Crippen molar-refractivity contribution in [3.05, 3.63) is 30.3 Å². The summed E-state index contributed by atoms with van der Waals surface area (Å²) in [5.74, 6) is 0.252. The van der Waals surface area contributed by atoms with E-state index in [1.165, 1.54) is 0 Å². The SMILES string of the molecule is CO[C@H]1CCC[C@@H](Sc2ccccc2)C1=O. The van der Waals surface area contributed by atoms with E-state index in [0.29, 0.717) is 0 Å². The van der Waals surface area contributed by atoms with Crippen LogP contribution in [0.2, 0.25) is 0 Å². The third kappa shape index (κ3) is 2.66. The van der Waals surface area contributed by atoms with Crippen molar-refractivity contribution in [3.63, 3.8) is 0 Å². The number of hydrogen-bond donors (Lipinski definition) is 0. The van der Waals surface area contributed by atoms with E-state index in [2.05, 4.69) is 0 Å². The molecule has 2 nitrogen and oxygen atoms in total. The number of methoxy groups -OCH3 is 1. The molecule has 0 aromatic heterocycles. The maximum Gasteiger partial charge on any atom is 0.174 e. The Labute approximate surface area is 100 Å². The number of hydrogen-bond acceptors (Lipinski definition) is 3. The lowest BCUT2D eigenvalue weighted by Crippen LogP contribution is -2.35. The van der Waals surface area contributed by atoms with E-state index in [0.717, 1.165) is 24.2 Å². The van der Waals surface area contributed by atoms with Gasteiger partial charge in [0.1, 0.15) is 6.10 Å². The van der Waals surface area contributed by atoms with Crippen LogP contribution in [0.4, 0.5) is 0 Å². The molecule has 1 aromatic rings. The molecule has 1 saturated carbocycles. The van der Waals surface area contributed by atoms with Crippen molar-refractivity contribution in [1.29, 1.82) is 0 Å². The summed E-state index contributed by atoms with van der Waals surface area (Å²) >= 11 is 1.66. The Kier molecular flexibility index (Phi) is 4.02. The Morgan fingerprint density at radius 3 is 2.69 bits per heavy atom. The molecule has 16 heavy (non-hydrogen) atoms. The lowest BCUT2D eigenvalue weighted by Gasteiger charge is -2.26. The minimum atomic E-state index is -0.185. The highest BCUT2D eigenvalue weighted by Crippen LogP contribution is 2.32. The average Bonchev–Trinajstić information content (AvgIpc) is 2.33. The molecule has 2 atom stereocenters. The van der Waals surface area contributed by atoms with Crippen molar-refractivity contribution in [2.45, 2.75) is 35.5 Å². The number of carbonyl (C=O) groups is 1. The van der Waals surface area contributed by atoms with Crippen LogP contribution in [-0.4, -0.2) is 24.2 Å². The number of thioether (sulfide) groups is 1. The summed E-state index contributed by atoms with van der Waals surface area (Å²) in [5, 5.41) is 0.0705. The molecule has 1 aliphatic carbocycles. The summed E-state index contributed by atoms with van der Waals surface area (Å²) in [6.45, 7) is 0. The summed E-state index contributed by atoms with van der Waals surface area (Å²) in [5.41, 5.74) is 0. The Morgan fingerprint density at radius 2 is 2.00 bits per heavy atom. The van der Waals surface area contributed by atoms with Crippen molar-refractivity contribution in [2.75, 3.05) is 7.11 Å². The van der Waals surface area contributed by atoms with Gasteiger partial charge in [0.05, 0.1) is 5.25 Å². The van der Waals surface area contributed by atoms with Crippen LogP contribution in [0.25, 0.3) is 0 Å². The van der Waals surface area contributed by atoms with Crippen molar-refractivity contribution in [2.24, 2.45) is 0 Å². The van der Waals surface area contributed by atoms with E-state index in [4.69, 9.17) is 4.74 Å². The molecule has 1 fully saturated rings. The van der Waals surface area contributed by atoms with Crippen LogP contribution in [0.5, 0.6) is 0 Å². The minimum Gasteiger partial charge on any atom is -0.374 e. The van der Waals surface area contributed by atoms with Gasteiger partial charge < -0.3 is 4.74 Å². The predicted molar refractivity (Wildman–Crippen MR) is 65.7 cm³/mol. The first-order valence-corrected chi connectivity index (χ1v) is 6.47. The molecule has 0 N–H and O–H groups in total. The molecule has 0 amide bonds. The number of carbonyl (C=O) groups excluding carboxylic acids is 1. The van der Waals surface area contributed by atoms with Crippen LogP contribution in [0.15, 0.2) is 35.2 Å². The maximum atomic E-state index is 12.0. The minimum absolute atomic E-state index is 0.0705. The smallest absolute Gasteiger partial charge is 0.174 e. The third-order valence-corrected chi connectivity index (χ3v) is 4.17. The summed E-state index contributed by atoms with van der Waals surface area (Å²) < 4.78 is 5.21. The second-order valence-corrected chi connectivity index (χ2v) is 5.25. The van der Waals surface area contributed by atoms with Crippen LogP contribution in [0, 0.1) is 0 Å². The molecule has 0 saturated heterocycles. The summed E-state index contributed by atoms with van der Waals surface area (Å²) in [6, 6.07) is 10.1. The van der Waals surface area contributed by atoms with Gasteiger partial charge in [-0.1, -0.05) is 18.2 Å². The molecule has 0 heterocycles. The van der Waals surface area contributed by atoms with Gasteiger partial charge in [-0.3, -0.25) is 4.79 Å². The zero-order chi connectivity index (χ0) is 11.4. The third-order valence-electron chi connectivity index (χ3n) is 2.87. The normalized spacial score (nSPS) is 25.7. The maximum absolute atomic E-state index is 12.0. The number of ketones is 1. The first-order chi connectivity index (χ1) is 7.81. The predicted octanol–water partition coefficient (Wildman–Crippen LogP) is 2.92. The Bertz CT molecular complexity index is 350. The van der Waals surface area contributed by atoms with E-state index in [1.807, 2.05) is 30.3 Å². The number of ether oxygens (including phenoxy) is 1. The van der Waals surface area contributed by atoms with Gasteiger partial charge in [-0.2, -0.15) is 0 Å². The monoisotopic (exact) mass is 236 g/mol. The van der Waals surface area contributed by atoms with Crippen molar-refractivity contribution in [1.82, 2.24) is 0 Å². The largest absolute Gasteiger partial charge is 0.374 e. The molecule has 1 aliphatic rings. The molecule has 86 valence electrons. The van der Waals surface area contributed by atoms with Gasteiger partial charge in [-0.25, -0.2) is 0 Å². The first kappa shape index (κ1) is 11.7. The van der Waals surface area contributed by atoms with Crippen LogP contribution in [0.1, 0.15) is 19.3 Å². The molecule has 0 bridgehead atoms. The second kappa shape index (κ2) is 5.51. The molecule has 0 spiro atoms. The van der Waals surface area contributed by atoms with E-state index in [9.17, 15) is 4.79 Å². The highest BCUT2D eigenvalue weighted by Gasteiger charge is 2.31. The van der Waals surface area contributed by atoms with E-state index >= 15 is 0 Å². The molecular weight excluding hydrogens is 220 g/mol. The fourth-order valence-electron chi connectivity index (χ4n) is 1.99. The number of rotatable bonds is 3. The van der Waals surface area contributed by atoms with Gasteiger partial charge in [-0.05, 0) is 31.4 Å². The fourth-order valence-corrected chi connectivity index (χ4v) is 3.19. The zero-order valence-corrected chi connectivity index (χ0v) is 10.2. The van der Waals surface area contributed by atoms with Gasteiger partial charge in [0.2, 0.25) is 0 Å². The van der Waals surface area contributed by atoms with Gasteiger partial charge in [0.15, 0.2) is 5.78 Å². The Balaban J connectivity index is 2.02. The number of Topliss-reactive ketones (excluding diaryl/α,β-unsaturated/α-hetero) is 1. The molecule has 0 radical (unpaired) electrons. The van der Waals surface area contributed by atoms with Crippen LogP contribution in [0.3, 0.4) is 0 Å². The quantitative estimate of drug-likeness (QED) is 0.807. The van der Waals surface area contributed by atoms with Crippen molar-refractivity contribution in [3.8, 4) is 0 Å². The lowest BCUT2D eigenvalue weighted by molar-refractivity contribution is -0.130. The number of benzene rings is 1. The van der Waals surface area contributed by atoms with Crippen LogP contribution in [-0.2, 0) is 9.53 Å². The topological polar surface area (TPSA) is 26.3 Å². The molecule has 0 aliphatic heterocycles. The highest BCUT2D eigenvalue weighted by molar-refractivity contribution is 8.00. The fraction of sp³-hybridized carbons (Fsp3) is 0.462. The Hall–Kier alpha value is -0.800. The zero-order valence-electron chi connectivity index (χ0n) is 9.39. The average molecular weight is 236 g/mol. The van der Waals surface area contributed by atoms with Crippen LogP contribution >= 0.6 is 11.8 Å². The van der Waals surface area contributed by atoms with Gasteiger partial charge in [0.25, 0.3) is 0 Å². The summed E-state index contributed by atoms with van der Waals surface area (Å²) in [4.78, 5) is 13.2. The summed E-state index contributed by atoms with van der Waals surface area (Å²) in [6.07, 6.45) is 2.74. The summed E-state index contributed by atoms with van der Waals surface area (Å²) in [7, 11) is 1.62. The lowest BCUT2D eigenvalue weighted by atomic mass is 9.96. The van der Waals surface area contributed by atoms with Crippen molar-refractivity contribution >= 4 is 17.5 Å². The first-order valence-electron chi connectivity index (χ1n) is 5.59. The van der Waals surface area contributed by atoms with E-state index in [-0.39, 0.29) is 17.1 Å².